The molecule has 2 heterocycles. The molecular weight excluding hydrogens is 335 g/mol. The highest BCUT2D eigenvalue weighted by Gasteiger charge is 2.15. The molecule has 0 spiro atoms. The number of carbonyl (C=O) groups excluding carboxylic acids is 1. The van der Waals surface area contributed by atoms with Crippen molar-refractivity contribution < 1.29 is 14.3 Å². The second kappa shape index (κ2) is 6.99. The predicted octanol–water partition coefficient (Wildman–Crippen LogP) is 3.47. The number of aromatic nitrogens is 1. The van der Waals surface area contributed by atoms with Gasteiger partial charge in [0.25, 0.3) is 5.91 Å². The number of benzene rings is 1. The number of nitrogens with one attached hydrogen (secondary N) is 1. The lowest BCUT2D eigenvalue weighted by Crippen LogP contribution is -2.28. The lowest BCUT2D eigenvalue weighted by molar-refractivity contribution is 0.0912. The molecule has 0 aliphatic rings. The van der Waals surface area contributed by atoms with Crippen molar-refractivity contribution in [2.45, 2.75) is 6.10 Å². The van der Waals surface area contributed by atoms with E-state index in [1.54, 1.807) is 29.6 Å². The number of halogens is 1. The number of nitrogens with zero attached hydrogens (tertiary/aromatic N) is 1. The smallest absolute Gasteiger partial charge is 0.270 e. The fraction of sp³-hybridized carbons (Fsp3) is 0.125. The maximum Gasteiger partial charge on any atom is 0.270 e. The van der Waals surface area contributed by atoms with Crippen LogP contribution in [0.5, 0.6) is 0 Å². The Labute approximate surface area is 140 Å². The van der Waals surface area contributed by atoms with Crippen molar-refractivity contribution in [3.05, 3.63) is 63.5 Å². The highest BCUT2D eigenvalue weighted by atomic mass is 32.1. The predicted molar refractivity (Wildman–Crippen MR) is 89.1 cm³/mol. The molecule has 0 radical (unpaired) electrons. The van der Waals surface area contributed by atoms with Gasteiger partial charge in [-0.15, -0.1) is 11.3 Å². The monoisotopic (exact) mass is 348 g/mol. The maximum absolute atomic E-state index is 13.7. The van der Waals surface area contributed by atoms with Crippen LogP contribution in [0, 0.1) is 5.82 Å². The Morgan fingerprint density at radius 3 is 2.87 bits per heavy atom. The lowest BCUT2D eigenvalue weighted by Gasteiger charge is -2.09. The third-order valence-corrected chi connectivity index (χ3v) is 4.80. The number of aliphatic hydroxyl groups excluding tert-OH is 1. The van der Waals surface area contributed by atoms with Crippen LogP contribution in [0.2, 0.25) is 0 Å². The number of amides is 1. The molecule has 0 bridgehead atoms. The zero-order valence-corrected chi connectivity index (χ0v) is 13.5. The average molecular weight is 348 g/mol. The maximum atomic E-state index is 13.7. The third-order valence-electron chi connectivity index (χ3n) is 3.23. The van der Waals surface area contributed by atoms with Gasteiger partial charge in [-0.3, -0.25) is 4.79 Å². The number of thiophene rings is 1. The van der Waals surface area contributed by atoms with Crippen LogP contribution in [0.1, 0.15) is 22.2 Å². The van der Waals surface area contributed by atoms with Crippen LogP contribution in [-0.4, -0.2) is 22.5 Å². The second-order valence-corrected chi connectivity index (χ2v) is 6.44. The average Bonchev–Trinajstić information content (AvgIpc) is 3.24. The lowest BCUT2D eigenvalue weighted by atomic mass is 10.2. The van der Waals surface area contributed by atoms with Crippen LogP contribution in [0.25, 0.3) is 10.6 Å². The van der Waals surface area contributed by atoms with Crippen molar-refractivity contribution in [1.29, 1.82) is 0 Å². The molecule has 0 aliphatic heterocycles. The number of hydrogen-bond acceptors (Lipinski definition) is 5. The van der Waals surface area contributed by atoms with E-state index in [1.165, 1.54) is 28.7 Å². The Balaban J connectivity index is 1.66. The molecule has 0 aliphatic carbocycles. The Bertz CT molecular complexity index is 802. The minimum Gasteiger partial charge on any atom is -0.387 e. The molecule has 7 heteroatoms. The molecule has 2 N–H and O–H groups in total. The van der Waals surface area contributed by atoms with Gasteiger partial charge in [-0.1, -0.05) is 12.1 Å². The first kappa shape index (κ1) is 15.8. The SMILES string of the molecule is O=C(NCC(O)c1ccsc1)c1csc(-c2ccccc2F)n1. The molecule has 0 saturated carbocycles. The van der Waals surface area contributed by atoms with Gasteiger partial charge in [-0.2, -0.15) is 11.3 Å². The van der Waals surface area contributed by atoms with E-state index in [0.29, 0.717) is 10.6 Å². The summed E-state index contributed by atoms with van der Waals surface area (Å²) < 4.78 is 13.7. The van der Waals surface area contributed by atoms with Crippen LogP contribution in [0.15, 0.2) is 46.5 Å². The summed E-state index contributed by atoms with van der Waals surface area (Å²) in [6.45, 7) is 0.0993. The zero-order chi connectivity index (χ0) is 16.2. The molecule has 1 unspecified atom stereocenters. The fourth-order valence-electron chi connectivity index (χ4n) is 2.00. The molecule has 0 saturated heterocycles. The van der Waals surface area contributed by atoms with Crippen LogP contribution in [0.3, 0.4) is 0 Å². The van der Waals surface area contributed by atoms with E-state index in [0.717, 1.165) is 5.56 Å². The Morgan fingerprint density at radius 1 is 1.30 bits per heavy atom. The highest BCUT2D eigenvalue weighted by molar-refractivity contribution is 7.13. The largest absolute Gasteiger partial charge is 0.387 e. The number of hydrogen-bond donors (Lipinski definition) is 2. The summed E-state index contributed by atoms with van der Waals surface area (Å²) in [5.41, 5.74) is 1.35. The molecule has 0 fully saturated rings. The molecule has 3 aromatic rings. The van der Waals surface area contributed by atoms with Crippen molar-refractivity contribution in [3.63, 3.8) is 0 Å². The first-order valence-corrected chi connectivity index (χ1v) is 8.66. The number of carbonyl (C=O) groups is 1. The van der Waals surface area contributed by atoms with Gasteiger partial charge in [0.1, 0.15) is 16.5 Å². The minimum atomic E-state index is -0.755. The number of rotatable bonds is 5. The van der Waals surface area contributed by atoms with E-state index >= 15 is 0 Å². The number of thiazole rings is 1. The van der Waals surface area contributed by atoms with Gasteiger partial charge in [0.2, 0.25) is 0 Å². The van der Waals surface area contributed by atoms with Gasteiger partial charge in [0.15, 0.2) is 0 Å². The number of aliphatic hydroxyl groups is 1. The van der Waals surface area contributed by atoms with Crippen LogP contribution in [0.4, 0.5) is 4.39 Å². The van der Waals surface area contributed by atoms with Crippen LogP contribution >= 0.6 is 22.7 Å². The first-order chi connectivity index (χ1) is 11.1. The van der Waals surface area contributed by atoms with E-state index in [9.17, 15) is 14.3 Å². The van der Waals surface area contributed by atoms with Crippen LogP contribution in [-0.2, 0) is 0 Å². The molecule has 23 heavy (non-hydrogen) atoms. The summed E-state index contributed by atoms with van der Waals surface area (Å²) >= 11 is 2.69. The van der Waals surface area contributed by atoms with E-state index < -0.39 is 12.0 Å². The topological polar surface area (TPSA) is 62.2 Å². The van der Waals surface area contributed by atoms with Gasteiger partial charge in [0.05, 0.1) is 6.10 Å². The summed E-state index contributed by atoms with van der Waals surface area (Å²) in [5.74, 6) is -0.764. The summed E-state index contributed by atoms with van der Waals surface area (Å²) in [6.07, 6.45) is -0.755. The van der Waals surface area contributed by atoms with E-state index in [4.69, 9.17) is 0 Å². The summed E-state index contributed by atoms with van der Waals surface area (Å²) in [7, 11) is 0. The summed E-state index contributed by atoms with van der Waals surface area (Å²) in [5, 5.41) is 18.3. The van der Waals surface area contributed by atoms with E-state index in [2.05, 4.69) is 10.3 Å². The standard InChI is InChI=1S/C16H13FN2O2S2/c17-12-4-2-1-3-11(12)16-19-13(9-23-16)15(21)18-7-14(20)10-5-6-22-8-10/h1-6,8-9,14,20H,7H2,(H,18,21). The van der Waals surface area contributed by atoms with Gasteiger partial charge >= 0.3 is 0 Å². The van der Waals surface area contributed by atoms with Gasteiger partial charge in [0, 0.05) is 17.5 Å². The molecule has 1 aromatic carbocycles. The van der Waals surface area contributed by atoms with Gasteiger partial charge in [-0.25, -0.2) is 9.37 Å². The first-order valence-electron chi connectivity index (χ1n) is 6.84. The normalized spacial score (nSPS) is 12.1. The Morgan fingerprint density at radius 2 is 2.13 bits per heavy atom. The quantitative estimate of drug-likeness (QED) is 0.742. The molecular formula is C16H13FN2O2S2. The summed E-state index contributed by atoms with van der Waals surface area (Å²) in [6, 6.07) is 8.10. The van der Waals surface area contributed by atoms with E-state index in [1.807, 2.05) is 10.8 Å². The van der Waals surface area contributed by atoms with Crippen molar-refractivity contribution >= 4 is 28.6 Å². The third kappa shape index (κ3) is 3.64. The molecule has 1 amide bonds. The molecule has 1 atom stereocenters. The molecule has 4 nitrogen and oxygen atoms in total. The molecule has 118 valence electrons. The van der Waals surface area contributed by atoms with E-state index in [-0.39, 0.29) is 18.1 Å². The molecule has 2 aromatic heterocycles. The molecule has 3 rings (SSSR count). The van der Waals surface area contributed by atoms with Crippen molar-refractivity contribution in [2.24, 2.45) is 0 Å². The summed E-state index contributed by atoms with van der Waals surface area (Å²) in [4.78, 5) is 16.2. The van der Waals surface area contributed by atoms with Crippen molar-refractivity contribution in [3.8, 4) is 10.6 Å². The minimum absolute atomic E-state index is 0.0993. The van der Waals surface area contributed by atoms with Crippen molar-refractivity contribution in [1.82, 2.24) is 10.3 Å². The van der Waals surface area contributed by atoms with Gasteiger partial charge < -0.3 is 10.4 Å². The second-order valence-electron chi connectivity index (χ2n) is 4.80. The van der Waals surface area contributed by atoms with Crippen LogP contribution < -0.4 is 5.32 Å². The zero-order valence-electron chi connectivity index (χ0n) is 11.9. The Hall–Kier alpha value is -2.09. The Kier molecular flexibility index (Phi) is 4.80. The van der Waals surface area contributed by atoms with Gasteiger partial charge in [-0.05, 0) is 34.5 Å². The van der Waals surface area contributed by atoms with Crippen molar-refractivity contribution in [2.75, 3.05) is 6.54 Å². The fourth-order valence-corrected chi connectivity index (χ4v) is 3.53. The highest BCUT2D eigenvalue weighted by Crippen LogP contribution is 2.26.